The molecule has 0 aliphatic carbocycles. The highest BCUT2D eigenvalue weighted by molar-refractivity contribution is 9.10. The Balaban J connectivity index is 2.93. The highest BCUT2D eigenvalue weighted by Crippen LogP contribution is 2.33. The maximum atomic E-state index is 14.3. The van der Waals surface area contributed by atoms with E-state index < -0.39 is 30.0 Å². The van der Waals surface area contributed by atoms with Gasteiger partial charge in [0.1, 0.15) is 5.82 Å². The lowest BCUT2D eigenvalue weighted by atomic mass is 10.1. The molecule has 2 aromatic rings. The Morgan fingerprint density at radius 3 is 2.87 bits per heavy atom. The Labute approximate surface area is 109 Å². The molecular weight excluding hydrogens is 278 g/mol. The Kier molecular flexibility index (Phi) is 1.58. The molecule has 0 bridgehead atoms. The monoisotopic (exact) mass is 290 g/mol. The van der Waals surface area contributed by atoms with E-state index in [9.17, 15) is 4.39 Å². The summed E-state index contributed by atoms with van der Waals surface area (Å²) in [6.45, 7) is 0. The normalized spacial score (nSPS) is 15.9. The molecule has 0 saturated carbocycles. The van der Waals surface area contributed by atoms with Gasteiger partial charge in [0.2, 0.25) is 0 Å². The largest absolute Gasteiger partial charge is 0.206 e. The first-order valence-electron chi connectivity index (χ1n) is 6.89. The van der Waals surface area contributed by atoms with Gasteiger partial charge in [-0.15, -0.1) is 0 Å². The summed E-state index contributed by atoms with van der Waals surface area (Å²) in [5, 5.41) is -0.371. The van der Waals surface area contributed by atoms with Crippen LogP contribution >= 0.6 is 27.5 Å². The van der Waals surface area contributed by atoms with Crippen LogP contribution in [0.15, 0.2) is 46.8 Å². The number of halogens is 3. The van der Waals surface area contributed by atoms with Gasteiger partial charge in [-0.1, -0.05) is 41.8 Å². The fraction of sp³-hybridized carbons (Fsp3) is 0. The van der Waals surface area contributed by atoms with Crippen molar-refractivity contribution in [1.82, 2.24) is 0 Å². The zero-order chi connectivity index (χ0) is 16.1. The van der Waals surface area contributed by atoms with Crippen molar-refractivity contribution in [2.24, 2.45) is 0 Å². The lowest BCUT2D eigenvalue weighted by molar-refractivity contribution is 0.630. The average Bonchev–Trinajstić information content (AvgIpc) is 2.46. The zero-order valence-electron chi connectivity index (χ0n) is 13.2. The molecule has 0 aliphatic heterocycles. The minimum Gasteiger partial charge on any atom is -0.206 e. The Morgan fingerprint density at radius 1 is 1.27 bits per heavy atom. The second-order valence-corrected chi connectivity index (χ2v) is 3.82. The van der Waals surface area contributed by atoms with Gasteiger partial charge < -0.3 is 0 Å². The van der Waals surface area contributed by atoms with Crippen molar-refractivity contribution in [3.63, 3.8) is 0 Å². The van der Waals surface area contributed by atoms with E-state index in [2.05, 4.69) is 15.9 Å². The van der Waals surface area contributed by atoms with E-state index in [0.29, 0.717) is 0 Å². The topological polar surface area (TPSA) is 0 Å². The highest BCUT2D eigenvalue weighted by atomic mass is 79.9. The first-order chi connectivity index (χ1) is 9.68. The molecule has 0 heterocycles. The number of rotatable bonds is 1. The van der Waals surface area contributed by atoms with Crippen LogP contribution in [0, 0.1) is 5.82 Å². The maximum absolute atomic E-state index is 14.3. The van der Waals surface area contributed by atoms with Crippen LogP contribution in [0.5, 0.6) is 0 Å². The first-order valence-corrected chi connectivity index (χ1v) is 5.07. The van der Waals surface area contributed by atoms with Crippen LogP contribution in [0.25, 0.3) is 11.1 Å². The molecule has 3 heteroatoms. The summed E-state index contributed by atoms with van der Waals surface area (Å²) in [6, 6.07) is -1.68. The van der Waals surface area contributed by atoms with Crippen LogP contribution < -0.4 is 0 Å². The van der Waals surface area contributed by atoms with E-state index >= 15 is 0 Å². The maximum Gasteiger partial charge on any atom is 0.133 e. The van der Waals surface area contributed by atoms with Crippen molar-refractivity contribution in [1.29, 1.82) is 0 Å². The van der Waals surface area contributed by atoms with Crippen LogP contribution in [-0.4, -0.2) is 0 Å². The lowest BCUT2D eigenvalue weighted by Crippen LogP contribution is -1.86. The van der Waals surface area contributed by atoms with Crippen LogP contribution in [-0.2, 0) is 0 Å². The molecule has 0 unspecified atom stereocenters. The molecule has 0 atom stereocenters. The van der Waals surface area contributed by atoms with E-state index in [1.165, 1.54) is 0 Å². The molecule has 0 radical (unpaired) electrons. The van der Waals surface area contributed by atoms with Gasteiger partial charge >= 0.3 is 0 Å². The molecular formula is C12H7BrClF. The standard InChI is InChI=1S/C12H7BrClF/c13-10-6-9(14)7-11(15)12(10)8-4-2-1-3-5-8/h1-7H/i1D,2D,3D,4D,6D,7D. The van der Waals surface area contributed by atoms with Crippen molar-refractivity contribution >= 4 is 27.5 Å². The van der Waals surface area contributed by atoms with Crippen molar-refractivity contribution in [2.75, 3.05) is 0 Å². The van der Waals surface area contributed by atoms with E-state index in [1.54, 1.807) is 0 Å². The van der Waals surface area contributed by atoms with E-state index in [4.69, 9.17) is 19.8 Å². The van der Waals surface area contributed by atoms with Gasteiger partial charge in [-0.2, -0.15) is 0 Å². The second kappa shape index (κ2) is 4.33. The van der Waals surface area contributed by atoms with Crippen molar-refractivity contribution < 1.29 is 12.6 Å². The average molecular weight is 292 g/mol. The predicted molar refractivity (Wildman–Crippen MR) is 64.5 cm³/mol. The summed E-state index contributed by atoms with van der Waals surface area (Å²) in [5.74, 6) is -1.05. The van der Waals surface area contributed by atoms with Crippen molar-refractivity contribution in [3.8, 4) is 11.1 Å². The van der Waals surface area contributed by atoms with Crippen LogP contribution in [0.3, 0.4) is 0 Å². The van der Waals surface area contributed by atoms with Gasteiger partial charge in [-0.3, -0.25) is 0 Å². The van der Waals surface area contributed by atoms with E-state index in [1.807, 2.05) is 0 Å². The van der Waals surface area contributed by atoms with E-state index in [-0.39, 0.29) is 32.7 Å². The molecule has 0 spiro atoms. The number of hydrogen-bond donors (Lipinski definition) is 0. The molecule has 76 valence electrons. The molecule has 0 amide bonds. The van der Waals surface area contributed by atoms with Gasteiger partial charge in [-0.25, -0.2) is 4.39 Å². The van der Waals surface area contributed by atoms with Gasteiger partial charge in [-0.05, 0) is 33.6 Å². The van der Waals surface area contributed by atoms with Gasteiger partial charge in [0, 0.05) is 15.1 Å². The van der Waals surface area contributed by atoms with Crippen LogP contribution in [0.2, 0.25) is 5.02 Å². The molecule has 0 fully saturated rings. The minimum atomic E-state index is -1.05. The first kappa shape index (κ1) is 5.46. The summed E-state index contributed by atoms with van der Waals surface area (Å²) in [5.41, 5.74) is -0.412. The smallest absolute Gasteiger partial charge is 0.133 e. The number of hydrogen-bond acceptors (Lipinski definition) is 0. The molecule has 0 saturated heterocycles. The molecule has 0 N–H and O–H groups in total. The summed E-state index contributed by atoms with van der Waals surface area (Å²) < 4.78 is 60.0. The molecule has 0 nitrogen and oxygen atoms in total. The van der Waals surface area contributed by atoms with Gasteiger partial charge in [0.15, 0.2) is 0 Å². The fourth-order valence-electron chi connectivity index (χ4n) is 1.10. The summed E-state index contributed by atoms with van der Waals surface area (Å²) in [6.07, 6.45) is 0. The van der Waals surface area contributed by atoms with Crippen LogP contribution in [0.4, 0.5) is 4.39 Å². The Morgan fingerprint density at radius 2 is 2.07 bits per heavy atom. The molecule has 2 rings (SSSR count). The molecule has 0 aromatic heterocycles. The molecule has 0 aliphatic rings. The summed E-state index contributed by atoms with van der Waals surface area (Å²) >= 11 is 8.69. The molecule has 15 heavy (non-hydrogen) atoms. The quantitative estimate of drug-likeness (QED) is 0.700. The van der Waals surface area contributed by atoms with Gasteiger partial charge in [0.05, 0.1) is 8.22 Å². The Bertz CT molecular complexity index is 735. The third-order valence-corrected chi connectivity index (χ3v) is 2.48. The highest BCUT2D eigenvalue weighted by Gasteiger charge is 2.10. The third kappa shape index (κ3) is 2.21. The van der Waals surface area contributed by atoms with E-state index in [0.717, 1.165) is 6.07 Å². The number of benzene rings is 2. The van der Waals surface area contributed by atoms with Crippen molar-refractivity contribution in [3.05, 3.63) is 57.6 Å². The SMILES string of the molecule is [2H]c1cc(-c2c(F)c([2H])c(Cl)c([2H])c2Br)c([2H])c([2H])c1[2H]. The Hall–Kier alpha value is -0.860. The summed E-state index contributed by atoms with van der Waals surface area (Å²) in [4.78, 5) is 0. The molecule has 2 aromatic carbocycles. The second-order valence-electron chi connectivity index (χ2n) is 2.64. The zero-order valence-corrected chi connectivity index (χ0v) is 9.55. The third-order valence-electron chi connectivity index (χ3n) is 1.70. The summed E-state index contributed by atoms with van der Waals surface area (Å²) in [7, 11) is 0. The predicted octanol–water partition coefficient (Wildman–Crippen LogP) is 4.91. The minimum absolute atomic E-state index is 0.0639. The lowest BCUT2D eigenvalue weighted by Gasteiger charge is -2.06. The fourth-order valence-corrected chi connectivity index (χ4v) is 1.97. The van der Waals surface area contributed by atoms with Crippen LogP contribution in [0.1, 0.15) is 8.22 Å². The van der Waals surface area contributed by atoms with Crippen molar-refractivity contribution in [2.45, 2.75) is 0 Å². The van der Waals surface area contributed by atoms with Gasteiger partial charge in [0.25, 0.3) is 0 Å².